The molecule has 3 heteroatoms. The van der Waals surface area contributed by atoms with Gasteiger partial charge in [0.05, 0.1) is 24.5 Å². The van der Waals surface area contributed by atoms with Crippen molar-refractivity contribution in [3.05, 3.63) is 0 Å². The first kappa shape index (κ1) is 8.53. The number of hydrogen-bond acceptors (Lipinski definition) is 3. The van der Waals surface area contributed by atoms with E-state index in [1.54, 1.807) is 0 Å². The molecule has 1 atom stereocenters. The first-order chi connectivity index (χ1) is 5.01. The smallest absolute Gasteiger partial charge is 0.0994 e. The van der Waals surface area contributed by atoms with Gasteiger partial charge in [0.2, 0.25) is 0 Å². The molecule has 0 saturated heterocycles. The Kier molecular flexibility index (Phi) is 2.18. The summed E-state index contributed by atoms with van der Waals surface area (Å²) in [6.45, 7) is 6.87. The van der Waals surface area contributed by atoms with Gasteiger partial charge in [-0.15, -0.1) is 0 Å². The average Bonchev–Trinajstić information content (AvgIpc) is 2.03. The largest absolute Gasteiger partial charge is 0.368 e. The molecular formula is C8H16N2O. The third-order valence-electron chi connectivity index (χ3n) is 1.89. The van der Waals surface area contributed by atoms with E-state index in [9.17, 15) is 0 Å². The van der Waals surface area contributed by atoms with Crippen molar-refractivity contribution in [3.8, 4) is 0 Å². The van der Waals surface area contributed by atoms with Gasteiger partial charge in [0, 0.05) is 7.05 Å². The van der Waals surface area contributed by atoms with Gasteiger partial charge in [-0.2, -0.15) is 5.10 Å². The molecule has 0 N–H and O–H groups in total. The summed E-state index contributed by atoms with van der Waals surface area (Å²) in [5.74, 6) is 0. The first-order valence-electron chi connectivity index (χ1n) is 3.93. The highest BCUT2D eigenvalue weighted by atomic mass is 16.5. The zero-order valence-corrected chi connectivity index (χ0v) is 7.66. The Morgan fingerprint density at radius 3 is 2.91 bits per heavy atom. The Balaban J connectivity index is 2.67. The van der Waals surface area contributed by atoms with Crippen LogP contribution in [0.15, 0.2) is 5.10 Å². The van der Waals surface area contributed by atoms with E-state index in [0.29, 0.717) is 6.04 Å². The van der Waals surface area contributed by atoms with Crippen molar-refractivity contribution in [2.75, 3.05) is 13.7 Å². The van der Waals surface area contributed by atoms with Crippen molar-refractivity contribution >= 4 is 6.21 Å². The van der Waals surface area contributed by atoms with Crippen molar-refractivity contribution in [2.24, 2.45) is 5.10 Å². The van der Waals surface area contributed by atoms with Gasteiger partial charge in [0.15, 0.2) is 0 Å². The molecule has 1 aliphatic heterocycles. The Morgan fingerprint density at radius 1 is 1.64 bits per heavy atom. The van der Waals surface area contributed by atoms with Gasteiger partial charge in [-0.05, 0) is 20.8 Å². The lowest BCUT2D eigenvalue weighted by molar-refractivity contribution is 0.0182. The van der Waals surface area contributed by atoms with Crippen LogP contribution < -0.4 is 0 Å². The van der Waals surface area contributed by atoms with E-state index in [0.717, 1.165) is 6.61 Å². The van der Waals surface area contributed by atoms with Gasteiger partial charge in [-0.3, -0.25) is 5.01 Å². The summed E-state index contributed by atoms with van der Waals surface area (Å²) in [7, 11) is 1.96. The summed E-state index contributed by atoms with van der Waals surface area (Å²) in [6, 6.07) is 0.369. The Bertz CT molecular complexity index is 165. The second-order valence-corrected chi connectivity index (χ2v) is 3.58. The lowest BCUT2D eigenvalue weighted by Crippen LogP contribution is -2.29. The average molecular weight is 156 g/mol. The van der Waals surface area contributed by atoms with Crippen molar-refractivity contribution in [2.45, 2.75) is 32.4 Å². The summed E-state index contributed by atoms with van der Waals surface area (Å²) < 4.78 is 5.58. The van der Waals surface area contributed by atoms with Gasteiger partial charge in [0.25, 0.3) is 0 Å². The molecule has 64 valence electrons. The Hall–Kier alpha value is -0.570. The molecule has 1 unspecified atom stereocenters. The minimum Gasteiger partial charge on any atom is -0.368 e. The predicted molar refractivity (Wildman–Crippen MR) is 45.7 cm³/mol. The lowest BCUT2D eigenvalue weighted by atomic mass is 10.2. The topological polar surface area (TPSA) is 24.8 Å². The molecule has 11 heavy (non-hydrogen) atoms. The van der Waals surface area contributed by atoms with E-state index < -0.39 is 0 Å². The fraction of sp³-hybridized carbons (Fsp3) is 0.875. The van der Waals surface area contributed by atoms with E-state index >= 15 is 0 Å². The number of rotatable bonds is 0. The Morgan fingerprint density at radius 2 is 2.27 bits per heavy atom. The lowest BCUT2D eigenvalue weighted by Gasteiger charge is -2.20. The Labute approximate surface area is 68.0 Å². The molecule has 0 aromatic rings. The molecule has 1 aliphatic rings. The minimum absolute atomic E-state index is 0.209. The molecule has 0 radical (unpaired) electrons. The standard InChI is InChI=1S/C8H16N2O/c1-7-5-11-8(2,3)6-9-10(7)4/h6-7H,5H2,1-4H3. The number of hydrazone groups is 1. The van der Waals surface area contributed by atoms with Crippen LogP contribution in [0.3, 0.4) is 0 Å². The monoisotopic (exact) mass is 156 g/mol. The van der Waals surface area contributed by atoms with Crippen LogP contribution in [0.4, 0.5) is 0 Å². The SMILES string of the molecule is CC1COC(C)(C)C=NN1C. The second kappa shape index (κ2) is 2.81. The van der Waals surface area contributed by atoms with Crippen LogP contribution in [0, 0.1) is 0 Å². The van der Waals surface area contributed by atoms with Crippen molar-refractivity contribution in [1.82, 2.24) is 5.01 Å². The molecular weight excluding hydrogens is 140 g/mol. The van der Waals surface area contributed by atoms with Crippen molar-refractivity contribution in [3.63, 3.8) is 0 Å². The van der Waals surface area contributed by atoms with E-state index in [1.807, 2.05) is 32.1 Å². The van der Waals surface area contributed by atoms with Crippen LogP contribution in [0.25, 0.3) is 0 Å². The van der Waals surface area contributed by atoms with Crippen LogP contribution in [0.2, 0.25) is 0 Å². The summed E-state index contributed by atoms with van der Waals surface area (Å²) in [5, 5.41) is 6.17. The maximum atomic E-state index is 5.58. The van der Waals surface area contributed by atoms with E-state index in [2.05, 4.69) is 12.0 Å². The molecule has 0 spiro atoms. The number of ether oxygens (including phenoxy) is 1. The summed E-state index contributed by atoms with van der Waals surface area (Å²) in [5.41, 5.74) is -0.209. The van der Waals surface area contributed by atoms with Crippen LogP contribution >= 0.6 is 0 Å². The number of hydrogen-bond donors (Lipinski definition) is 0. The molecule has 0 bridgehead atoms. The van der Waals surface area contributed by atoms with Gasteiger partial charge < -0.3 is 4.74 Å². The third-order valence-corrected chi connectivity index (χ3v) is 1.89. The van der Waals surface area contributed by atoms with Crippen molar-refractivity contribution < 1.29 is 4.74 Å². The maximum Gasteiger partial charge on any atom is 0.0994 e. The number of likely N-dealkylation sites (N-methyl/N-ethyl adjacent to an activating group) is 1. The summed E-state index contributed by atoms with van der Waals surface area (Å²) >= 11 is 0. The van der Waals surface area contributed by atoms with Gasteiger partial charge >= 0.3 is 0 Å². The van der Waals surface area contributed by atoms with Gasteiger partial charge in [-0.25, -0.2) is 0 Å². The minimum atomic E-state index is -0.209. The summed E-state index contributed by atoms with van der Waals surface area (Å²) in [6.07, 6.45) is 1.84. The highest BCUT2D eigenvalue weighted by Gasteiger charge is 2.21. The molecule has 3 nitrogen and oxygen atoms in total. The summed E-state index contributed by atoms with van der Waals surface area (Å²) in [4.78, 5) is 0. The molecule has 0 fully saturated rings. The predicted octanol–water partition coefficient (Wildman–Crippen LogP) is 1.10. The van der Waals surface area contributed by atoms with Crippen LogP contribution in [-0.4, -0.2) is 36.5 Å². The van der Waals surface area contributed by atoms with E-state index in [4.69, 9.17) is 4.74 Å². The zero-order chi connectivity index (χ0) is 8.48. The highest BCUT2D eigenvalue weighted by Crippen LogP contribution is 2.12. The number of nitrogens with zero attached hydrogens (tertiary/aromatic N) is 2. The van der Waals surface area contributed by atoms with Gasteiger partial charge in [0.1, 0.15) is 0 Å². The molecule has 0 saturated carbocycles. The third kappa shape index (κ3) is 2.19. The molecule has 0 amide bonds. The second-order valence-electron chi connectivity index (χ2n) is 3.58. The molecule has 1 heterocycles. The van der Waals surface area contributed by atoms with Crippen molar-refractivity contribution in [1.29, 1.82) is 0 Å². The van der Waals surface area contributed by atoms with Crippen LogP contribution in [0.5, 0.6) is 0 Å². The van der Waals surface area contributed by atoms with Crippen LogP contribution in [-0.2, 0) is 4.74 Å². The zero-order valence-electron chi connectivity index (χ0n) is 7.66. The maximum absolute atomic E-state index is 5.58. The van der Waals surface area contributed by atoms with E-state index in [1.165, 1.54) is 0 Å². The van der Waals surface area contributed by atoms with E-state index in [-0.39, 0.29) is 5.60 Å². The highest BCUT2D eigenvalue weighted by molar-refractivity contribution is 5.67. The molecule has 0 aliphatic carbocycles. The molecule has 0 aromatic carbocycles. The normalized spacial score (nSPS) is 30.2. The fourth-order valence-electron chi connectivity index (χ4n) is 0.824. The van der Waals surface area contributed by atoms with Gasteiger partial charge in [-0.1, -0.05) is 0 Å². The van der Waals surface area contributed by atoms with Crippen LogP contribution in [0.1, 0.15) is 20.8 Å². The quantitative estimate of drug-likeness (QED) is 0.524. The molecule has 0 aromatic heterocycles. The fourth-order valence-corrected chi connectivity index (χ4v) is 0.824. The first-order valence-corrected chi connectivity index (χ1v) is 3.93. The molecule has 1 rings (SSSR count).